The fourth-order valence-corrected chi connectivity index (χ4v) is 4.45. The SMILES string of the molecule is CN1C=CN(S(=O)(=O)N2CCC(c3ccccc3)CC2)C1. The summed E-state index contributed by atoms with van der Waals surface area (Å²) in [6, 6.07) is 10.4. The second-order valence-electron chi connectivity index (χ2n) is 5.68. The monoisotopic (exact) mass is 307 g/mol. The molecule has 0 radical (unpaired) electrons. The van der Waals surface area contributed by atoms with E-state index in [1.165, 1.54) is 9.87 Å². The summed E-state index contributed by atoms with van der Waals surface area (Å²) >= 11 is 0. The number of hydrogen-bond donors (Lipinski definition) is 0. The predicted octanol–water partition coefficient (Wildman–Crippen LogP) is 1.79. The van der Waals surface area contributed by atoms with Gasteiger partial charge in [-0.3, -0.25) is 0 Å². The van der Waals surface area contributed by atoms with E-state index in [2.05, 4.69) is 12.1 Å². The van der Waals surface area contributed by atoms with Gasteiger partial charge in [0, 0.05) is 32.5 Å². The van der Waals surface area contributed by atoms with Crippen LogP contribution in [0, 0.1) is 0 Å². The van der Waals surface area contributed by atoms with Crippen LogP contribution in [0.25, 0.3) is 0 Å². The zero-order chi connectivity index (χ0) is 14.9. The quantitative estimate of drug-likeness (QED) is 0.855. The number of piperidine rings is 1. The van der Waals surface area contributed by atoms with Crippen LogP contribution in [0.4, 0.5) is 0 Å². The van der Waals surface area contributed by atoms with Gasteiger partial charge in [-0.25, -0.2) is 4.31 Å². The summed E-state index contributed by atoms with van der Waals surface area (Å²) in [6.45, 7) is 1.59. The molecule has 0 atom stereocenters. The molecule has 3 rings (SSSR count). The second kappa shape index (κ2) is 5.69. The van der Waals surface area contributed by atoms with Crippen molar-refractivity contribution < 1.29 is 8.42 Å². The molecule has 2 aliphatic rings. The van der Waals surface area contributed by atoms with Gasteiger partial charge in [-0.05, 0) is 24.3 Å². The van der Waals surface area contributed by atoms with E-state index >= 15 is 0 Å². The van der Waals surface area contributed by atoms with E-state index in [-0.39, 0.29) is 0 Å². The Hall–Kier alpha value is -1.53. The van der Waals surface area contributed by atoms with Gasteiger partial charge in [-0.15, -0.1) is 0 Å². The maximum Gasteiger partial charge on any atom is 0.305 e. The fourth-order valence-electron chi connectivity index (χ4n) is 2.95. The smallest absolute Gasteiger partial charge is 0.305 e. The lowest BCUT2D eigenvalue weighted by Gasteiger charge is -2.34. The standard InChI is InChI=1S/C15H21N3O2S/c1-16-11-12-18(13-16)21(19,20)17-9-7-15(8-10-17)14-5-3-2-4-6-14/h2-6,11-12,15H,7-10,13H2,1H3. The lowest BCUT2D eigenvalue weighted by molar-refractivity contribution is 0.290. The summed E-state index contributed by atoms with van der Waals surface area (Å²) in [5, 5.41) is 0. The summed E-state index contributed by atoms with van der Waals surface area (Å²) in [4.78, 5) is 1.86. The highest BCUT2D eigenvalue weighted by Crippen LogP contribution is 2.30. The average molecular weight is 307 g/mol. The van der Waals surface area contributed by atoms with E-state index in [9.17, 15) is 8.42 Å². The van der Waals surface area contributed by atoms with E-state index in [0.29, 0.717) is 25.7 Å². The van der Waals surface area contributed by atoms with Crippen LogP contribution < -0.4 is 0 Å². The van der Waals surface area contributed by atoms with E-state index in [0.717, 1.165) is 12.8 Å². The molecule has 2 aliphatic heterocycles. The van der Waals surface area contributed by atoms with Crippen molar-refractivity contribution in [1.82, 2.24) is 13.5 Å². The zero-order valence-electron chi connectivity index (χ0n) is 12.2. The van der Waals surface area contributed by atoms with Crippen molar-refractivity contribution in [3.63, 3.8) is 0 Å². The minimum absolute atomic E-state index is 0.404. The Labute approximate surface area is 126 Å². The largest absolute Gasteiger partial charge is 0.361 e. The van der Waals surface area contributed by atoms with E-state index in [1.54, 1.807) is 16.7 Å². The first-order valence-corrected chi connectivity index (χ1v) is 8.67. The molecule has 0 aliphatic carbocycles. The molecule has 2 heterocycles. The van der Waals surface area contributed by atoms with Crippen LogP contribution in [0.2, 0.25) is 0 Å². The van der Waals surface area contributed by atoms with Crippen molar-refractivity contribution in [3.8, 4) is 0 Å². The Bertz CT molecular complexity index is 607. The first kappa shape index (κ1) is 14.4. The summed E-state index contributed by atoms with van der Waals surface area (Å²) < 4.78 is 28.1. The summed E-state index contributed by atoms with van der Waals surface area (Å²) in [5.74, 6) is 0.467. The molecule has 0 N–H and O–H groups in total. The van der Waals surface area contributed by atoms with Crippen LogP contribution >= 0.6 is 0 Å². The van der Waals surface area contributed by atoms with Gasteiger partial charge in [0.25, 0.3) is 0 Å². The fraction of sp³-hybridized carbons (Fsp3) is 0.467. The third kappa shape index (κ3) is 2.91. The van der Waals surface area contributed by atoms with Crippen LogP contribution in [-0.2, 0) is 10.2 Å². The van der Waals surface area contributed by atoms with Gasteiger partial charge in [-0.2, -0.15) is 12.7 Å². The topological polar surface area (TPSA) is 43.9 Å². The van der Waals surface area contributed by atoms with Crippen molar-refractivity contribution in [1.29, 1.82) is 0 Å². The molecule has 0 aromatic heterocycles. The molecule has 1 fully saturated rings. The Morgan fingerprint density at radius 3 is 2.29 bits per heavy atom. The van der Waals surface area contributed by atoms with Gasteiger partial charge >= 0.3 is 10.2 Å². The predicted molar refractivity (Wildman–Crippen MR) is 82.5 cm³/mol. The third-order valence-electron chi connectivity index (χ3n) is 4.20. The highest BCUT2D eigenvalue weighted by Gasteiger charge is 2.33. The molecule has 0 bridgehead atoms. The van der Waals surface area contributed by atoms with Crippen molar-refractivity contribution >= 4 is 10.2 Å². The highest BCUT2D eigenvalue weighted by molar-refractivity contribution is 7.86. The maximum atomic E-state index is 12.6. The summed E-state index contributed by atoms with van der Waals surface area (Å²) in [7, 11) is -1.49. The molecule has 0 saturated carbocycles. The van der Waals surface area contributed by atoms with Crippen LogP contribution in [0.1, 0.15) is 24.3 Å². The number of nitrogens with zero attached hydrogens (tertiary/aromatic N) is 3. The van der Waals surface area contributed by atoms with Gasteiger partial charge in [0.1, 0.15) is 6.67 Å². The van der Waals surface area contributed by atoms with Crippen LogP contribution in [0.15, 0.2) is 42.7 Å². The molecule has 1 aromatic rings. The molecule has 0 spiro atoms. The molecular formula is C15H21N3O2S. The van der Waals surface area contributed by atoms with Gasteiger partial charge in [-0.1, -0.05) is 30.3 Å². The summed E-state index contributed by atoms with van der Waals surface area (Å²) in [6.07, 6.45) is 5.19. The second-order valence-corrected chi connectivity index (χ2v) is 7.56. The Kier molecular flexibility index (Phi) is 3.91. The van der Waals surface area contributed by atoms with Crippen molar-refractivity contribution in [2.24, 2.45) is 0 Å². The summed E-state index contributed by atoms with van der Waals surface area (Å²) in [5.41, 5.74) is 1.32. The van der Waals surface area contributed by atoms with Gasteiger partial charge in [0.2, 0.25) is 0 Å². The lowest BCUT2D eigenvalue weighted by atomic mass is 9.90. The zero-order valence-corrected chi connectivity index (χ0v) is 13.0. The first-order chi connectivity index (χ1) is 10.1. The van der Waals surface area contributed by atoms with E-state index in [4.69, 9.17) is 0 Å². The normalized spacial score (nSPS) is 21.2. The number of rotatable bonds is 3. The van der Waals surface area contributed by atoms with Gasteiger partial charge in [0.15, 0.2) is 0 Å². The number of benzene rings is 1. The van der Waals surface area contributed by atoms with Crippen LogP contribution in [-0.4, -0.2) is 48.7 Å². The lowest BCUT2D eigenvalue weighted by Crippen LogP contribution is -2.45. The van der Waals surface area contributed by atoms with E-state index in [1.807, 2.05) is 30.1 Å². The minimum Gasteiger partial charge on any atom is -0.361 e. The molecule has 1 saturated heterocycles. The van der Waals surface area contributed by atoms with Crippen molar-refractivity contribution in [2.75, 3.05) is 26.8 Å². The minimum atomic E-state index is -3.36. The third-order valence-corrected chi connectivity index (χ3v) is 6.05. The van der Waals surface area contributed by atoms with Crippen LogP contribution in [0.3, 0.4) is 0 Å². The van der Waals surface area contributed by atoms with Gasteiger partial charge < -0.3 is 4.90 Å². The van der Waals surface area contributed by atoms with Gasteiger partial charge in [0.05, 0.1) is 0 Å². The molecule has 6 heteroatoms. The molecular weight excluding hydrogens is 286 g/mol. The molecule has 21 heavy (non-hydrogen) atoms. The average Bonchev–Trinajstić information content (AvgIpc) is 2.96. The van der Waals surface area contributed by atoms with Crippen LogP contribution in [0.5, 0.6) is 0 Å². The highest BCUT2D eigenvalue weighted by atomic mass is 32.2. The molecule has 1 aromatic carbocycles. The molecule has 5 nitrogen and oxygen atoms in total. The Morgan fingerprint density at radius 1 is 1.05 bits per heavy atom. The molecule has 0 amide bonds. The Morgan fingerprint density at radius 2 is 1.71 bits per heavy atom. The first-order valence-electron chi connectivity index (χ1n) is 7.28. The van der Waals surface area contributed by atoms with Crippen molar-refractivity contribution in [2.45, 2.75) is 18.8 Å². The number of hydrogen-bond acceptors (Lipinski definition) is 3. The molecule has 114 valence electrons. The maximum absolute atomic E-state index is 12.6. The Balaban J connectivity index is 1.64. The molecule has 0 unspecified atom stereocenters. The van der Waals surface area contributed by atoms with Crippen molar-refractivity contribution in [3.05, 3.63) is 48.3 Å². The van der Waals surface area contributed by atoms with E-state index < -0.39 is 10.2 Å².